The molecule has 1 amide bonds. The Morgan fingerprint density at radius 1 is 1.25 bits per heavy atom. The second-order valence-electron chi connectivity index (χ2n) is 4.25. The van der Waals surface area contributed by atoms with Crippen LogP contribution in [0, 0.1) is 11.3 Å². The second kappa shape index (κ2) is 5.64. The summed E-state index contributed by atoms with van der Waals surface area (Å²) in [5.74, 6) is -0.255. The van der Waals surface area contributed by atoms with Gasteiger partial charge in [0.15, 0.2) is 0 Å². The van der Waals surface area contributed by atoms with E-state index in [1.807, 2.05) is 6.07 Å². The van der Waals surface area contributed by atoms with Crippen molar-refractivity contribution in [2.45, 2.75) is 0 Å². The maximum absolute atomic E-state index is 12.4. The second-order valence-corrected chi connectivity index (χ2v) is 4.69. The quantitative estimate of drug-likeness (QED) is 0.862. The number of hydrogen-bond donors (Lipinski definition) is 1. The van der Waals surface area contributed by atoms with Gasteiger partial charge in [-0.15, -0.1) is 0 Å². The van der Waals surface area contributed by atoms with Crippen molar-refractivity contribution in [1.82, 2.24) is 0 Å². The van der Waals surface area contributed by atoms with Gasteiger partial charge in [-0.3, -0.25) is 4.79 Å². The molecule has 2 N–H and O–H groups in total. The molecule has 0 saturated carbocycles. The first-order valence-electron chi connectivity index (χ1n) is 5.86. The van der Waals surface area contributed by atoms with Gasteiger partial charge < -0.3 is 10.6 Å². The van der Waals surface area contributed by atoms with Crippen LogP contribution in [0.3, 0.4) is 0 Å². The minimum atomic E-state index is -0.255. The highest BCUT2D eigenvalue weighted by atomic mass is 35.5. The summed E-state index contributed by atoms with van der Waals surface area (Å²) in [6.07, 6.45) is 0. The van der Waals surface area contributed by atoms with Crippen LogP contribution in [-0.4, -0.2) is 13.0 Å². The van der Waals surface area contributed by atoms with Gasteiger partial charge in [-0.05, 0) is 42.5 Å². The summed E-state index contributed by atoms with van der Waals surface area (Å²) in [6, 6.07) is 13.5. The molecule has 20 heavy (non-hydrogen) atoms. The Kier molecular flexibility index (Phi) is 3.92. The Morgan fingerprint density at radius 3 is 2.50 bits per heavy atom. The fourth-order valence-electron chi connectivity index (χ4n) is 1.77. The van der Waals surface area contributed by atoms with Gasteiger partial charge in [0.1, 0.15) is 0 Å². The monoisotopic (exact) mass is 285 g/mol. The van der Waals surface area contributed by atoms with Gasteiger partial charge in [-0.2, -0.15) is 5.26 Å². The van der Waals surface area contributed by atoms with Crippen LogP contribution in [0.15, 0.2) is 42.5 Å². The number of rotatable bonds is 2. The van der Waals surface area contributed by atoms with Crippen molar-refractivity contribution in [2.75, 3.05) is 17.7 Å². The number of nitrogen functional groups attached to an aromatic ring is 1. The van der Waals surface area contributed by atoms with E-state index in [1.165, 1.54) is 4.90 Å². The van der Waals surface area contributed by atoms with Crippen molar-refractivity contribution in [3.05, 3.63) is 58.6 Å². The number of anilines is 2. The lowest BCUT2D eigenvalue weighted by Crippen LogP contribution is -2.27. The summed E-state index contributed by atoms with van der Waals surface area (Å²) < 4.78 is 0. The van der Waals surface area contributed by atoms with Crippen LogP contribution in [0.1, 0.15) is 15.9 Å². The first kappa shape index (κ1) is 13.9. The molecule has 2 aromatic rings. The molecule has 0 aliphatic carbocycles. The minimum Gasteiger partial charge on any atom is -0.398 e. The average Bonchev–Trinajstić information content (AvgIpc) is 2.48. The zero-order valence-corrected chi connectivity index (χ0v) is 11.6. The molecule has 0 bridgehead atoms. The van der Waals surface area contributed by atoms with E-state index < -0.39 is 0 Å². The van der Waals surface area contributed by atoms with E-state index in [4.69, 9.17) is 22.6 Å². The Bertz CT molecular complexity index is 689. The molecule has 2 aromatic carbocycles. The maximum Gasteiger partial charge on any atom is 0.260 e. The molecule has 0 radical (unpaired) electrons. The Hall–Kier alpha value is -2.51. The summed E-state index contributed by atoms with van der Waals surface area (Å²) in [6.45, 7) is 0. The van der Waals surface area contributed by atoms with E-state index in [0.29, 0.717) is 27.5 Å². The highest BCUT2D eigenvalue weighted by molar-refractivity contribution is 6.31. The molecule has 5 heteroatoms. The molecule has 0 saturated heterocycles. The van der Waals surface area contributed by atoms with Gasteiger partial charge in [0, 0.05) is 23.4 Å². The van der Waals surface area contributed by atoms with Crippen LogP contribution in [0.25, 0.3) is 0 Å². The molecule has 0 spiro atoms. The number of benzene rings is 2. The molecular weight excluding hydrogens is 274 g/mol. The molecule has 4 nitrogen and oxygen atoms in total. The van der Waals surface area contributed by atoms with E-state index >= 15 is 0 Å². The molecule has 2 rings (SSSR count). The molecule has 0 aliphatic heterocycles. The molecule has 0 fully saturated rings. The molecule has 0 heterocycles. The molecule has 100 valence electrons. The van der Waals surface area contributed by atoms with E-state index in [0.717, 1.165) is 0 Å². The van der Waals surface area contributed by atoms with Gasteiger partial charge in [0.05, 0.1) is 17.2 Å². The summed E-state index contributed by atoms with van der Waals surface area (Å²) >= 11 is 5.89. The number of halogens is 1. The standard InChI is InChI=1S/C15H12ClN3O/c1-19(12-5-2-10(9-17)3-6-12)15(20)13-8-11(16)4-7-14(13)18/h2-8H,18H2,1H3. The first-order valence-corrected chi connectivity index (χ1v) is 6.24. The highest BCUT2D eigenvalue weighted by Gasteiger charge is 2.16. The van der Waals surface area contributed by atoms with Crippen LogP contribution < -0.4 is 10.6 Å². The highest BCUT2D eigenvalue weighted by Crippen LogP contribution is 2.22. The van der Waals surface area contributed by atoms with Crippen molar-refractivity contribution < 1.29 is 4.79 Å². The average molecular weight is 286 g/mol. The molecule has 0 atom stereocenters. The van der Waals surface area contributed by atoms with Crippen molar-refractivity contribution >= 4 is 28.9 Å². The Balaban J connectivity index is 2.32. The van der Waals surface area contributed by atoms with Crippen molar-refractivity contribution in [1.29, 1.82) is 5.26 Å². The first-order chi connectivity index (χ1) is 9.52. The van der Waals surface area contributed by atoms with Gasteiger partial charge in [0.2, 0.25) is 0 Å². The number of nitrogens with two attached hydrogens (primary N) is 1. The fraction of sp³-hybridized carbons (Fsp3) is 0.0667. The summed E-state index contributed by atoms with van der Waals surface area (Å²) in [4.78, 5) is 13.9. The smallest absolute Gasteiger partial charge is 0.260 e. The van der Waals surface area contributed by atoms with Gasteiger partial charge in [-0.25, -0.2) is 0 Å². The number of nitrogens with zero attached hydrogens (tertiary/aromatic N) is 2. The summed E-state index contributed by atoms with van der Waals surface area (Å²) in [5, 5.41) is 9.21. The minimum absolute atomic E-state index is 0.255. The number of carbonyl (C=O) groups excluding carboxylic acids is 1. The number of carbonyl (C=O) groups is 1. The third-order valence-corrected chi connectivity index (χ3v) is 3.17. The van der Waals surface area contributed by atoms with Crippen molar-refractivity contribution in [3.63, 3.8) is 0 Å². The maximum atomic E-state index is 12.4. The van der Waals surface area contributed by atoms with Gasteiger partial charge >= 0.3 is 0 Å². The lowest BCUT2D eigenvalue weighted by atomic mass is 10.1. The Morgan fingerprint density at radius 2 is 1.90 bits per heavy atom. The topological polar surface area (TPSA) is 70.1 Å². The molecule has 0 aliphatic rings. The predicted molar refractivity (Wildman–Crippen MR) is 79.8 cm³/mol. The van der Waals surface area contributed by atoms with Crippen molar-refractivity contribution in [2.24, 2.45) is 0 Å². The normalized spacial score (nSPS) is 9.85. The van der Waals surface area contributed by atoms with Crippen LogP contribution in [-0.2, 0) is 0 Å². The van der Waals surface area contributed by atoms with Crippen LogP contribution in [0.2, 0.25) is 5.02 Å². The van der Waals surface area contributed by atoms with Crippen LogP contribution >= 0.6 is 11.6 Å². The number of hydrogen-bond acceptors (Lipinski definition) is 3. The summed E-state index contributed by atoms with van der Waals surface area (Å²) in [7, 11) is 1.64. The third-order valence-electron chi connectivity index (χ3n) is 2.93. The van der Waals surface area contributed by atoms with Crippen LogP contribution in [0.5, 0.6) is 0 Å². The lowest BCUT2D eigenvalue weighted by molar-refractivity contribution is 0.0994. The zero-order valence-electron chi connectivity index (χ0n) is 10.8. The number of amides is 1. The lowest BCUT2D eigenvalue weighted by Gasteiger charge is -2.18. The fourth-order valence-corrected chi connectivity index (χ4v) is 1.94. The van der Waals surface area contributed by atoms with E-state index in [9.17, 15) is 4.79 Å². The van der Waals surface area contributed by atoms with Crippen molar-refractivity contribution in [3.8, 4) is 6.07 Å². The number of nitriles is 1. The largest absolute Gasteiger partial charge is 0.398 e. The molecule has 0 unspecified atom stereocenters. The van der Waals surface area contributed by atoms with E-state index in [-0.39, 0.29) is 5.91 Å². The van der Waals surface area contributed by atoms with Crippen LogP contribution in [0.4, 0.5) is 11.4 Å². The van der Waals surface area contributed by atoms with Gasteiger partial charge in [-0.1, -0.05) is 11.6 Å². The van der Waals surface area contributed by atoms with E-state index in [1.54, 1.807) is 49.5 Å². The third kappa shape index (κ3) is 2.73. The Labute approximate surface area is 122 Å². The molecular formula is C15H12ClN3O. The molecule has 0 aromatic heterocycles. The zero-order chi connectivity index (χ0) is 14.7. The predicted octanol–water partition coefficient (Wildman–Crippen LogP) is 3.07. The van der Waals surface area contributed by atoms with E-state index in [2.05, 4.69) is 0 Å². The SMILES string of the molecule is CN(C(=O)c1cc(Cl)ccc1N)c1ccc(C#N)cc1. The summed E-state index contributed by atoms with van der Waals surface area (Å²) in [5.41, 5.74) is 7.74. The van der Waals surface area contributed by atoms with Gasteiger partial charge in [0.25, 0.3) is 5.91 Å².